The van der Waals surface area contributed by atoms with Crippen LogP contribution in [0.15, 0.2) is 24.3 Å². The number of nitrogens with one attached hydrogen (secondary N) is 1. The lowest BCUT2D eigenvalue weighted by Crippen LogP contribution is -2.37. The number of rotatable bonds is 7. The van der Waals surface area contributed by atoms with E-state index < -0.39 is 5.60 Å². The fourth-order valence-electron chi connectivity index (χ4n) is 1.93. The molecule has 0 heterocycles. The van der Waals surface area contributed by atoms with Crippen molar-refractivity contribution in [2.75, 3.05) is 32.6 Å². The largest absolute Gasteiger partial charge is 0.497 e. The number of nitrogens with zero attached hydrogens (tertiary/aromatic N) is 1. The monoisotopic (exact) mass is 280 g/mol. The highest BCUT2D eigenvalue weighted by Gasteiger charge is 2.16. The number of ether oxygens (including phenoxy) is 1. The molecule has 5 nitrogen and oxygen atoms in total. The van der Waals surface area contributed by atoms with Gasteiger partial charge in [0.1, 0.15) is 5.75 Å². The number of anilines is 1. The summed E-state index contributed by atoms with van der Waals surface area (Å²) in [5.74, 6) is 0.714. The summed E-state index contributed by atoms with van der Waals surface area (Å²) in [5.41, 5.74) is 0.00207. The van der Waals surface area contributed by atoms with E-state index in [1.165, 1.54) is 0 Å². The second-order valence-electron chi connectivity index (χ2n) is 5.58. The van der Waals surface area contributed by atoms with Crippen LogP contribution in [0, 0.1) is 0 Å². The molecular formula is C15H24N2O3. The van der Waals surface area contributed by atoms with Crippen LogP contribution in [0.25, 0.3) is 0 Å². The number of benzene rings is 1. The molecule has 0 aliphatic carbocycles. The minimum absolute atomic E-state index is 0.0437. The van der Waals surface area contributed by atoms with Gasteiger partial charge in [-0.25, -0.2) is 0 Å². The minimum Gasteiger partial charge on any atom is -0.497 e. The molecule has 5 heteroatoms. The molecule has 0 aliphatic rings. The predicted octanol–water partition coefficient (Wildman–Crippen LogP) is 1.73. The first kappa shape index (κ1) is 16.5. The van der Waals surface area contributed by atoms with Crippen LogP contribution in [-0.2, 0) is 4.79 Å². The summed E-state index contributed by atoms with van der Waals surface area (Å²) in [6.07, 6.45) is 0.388. The van der Waals surface area contributed by atoms with Gasteiger partial charge in [0, 0.05) is 25.2 Å². The fraction of sp³-hybridized carbons (Fsp3) is 0.533. The van der Waals surface area contributed by atoms with Gasteiger partial charge in [0.2, 0.25) is 5.91 Å². The molecule has 0 spiro atoms. The Labute approximate surface area is 120 Å². The second-order valence-corrected chi connectivity index (χ2v) is 5.58. The maximum absolute atomic E-state index is 11.8. The van der Waals surface area contributed by atoms with Gasteiger partial charge in [-0.05, 0) is 45.2 Å². The van der Waals surface area contributed by atoms with Crippen LogP contribution >= 0.6 is 0 Å². The van der Waals surface area contributed by atoms with Gasteiger partial charge in [0.05, 0.1) is 12.7 Å². The van der Waals surface area contributed by atoms with Crippen LogP contribution in [0.3, 0.4) is 0 Å². The topological polar surface area (TPSA) is 61.8 Å². The van der Waals surface area contributed by atoms with E-state index in [1.54, 1.807) is 45.2 Å². The number of hydrogen-bond acceptors (Lipinski definition) is 4. The molecule has 0 aliphatic heterocycles. The van der Waals surface area contributed by atoms with E-state index in [9.17, 15) is 9.90 Å². The first-order valence-electron chi connectivity index (χ1n) is 6.65. The quantitative estimate of drug-likeness (QED) is 0.798. The Hall–Kier alpha value is -1.59. The lowest BCUT2D eigenvalue weighted by molar-refractivity contribution is -0.116. The van der Waals surface area contributed by atoms with Crippen molar-refractivity contribution in [3.63, 3.8) is 0 Å². The molecule has 0 unspecified atom stereocenters. The van der Waals surface area contributed by atoms with Crippen LogP contribution in [0.5, 0.6) is 5.75 Å². The zero-order valence-electron chi connectivity index (χ0n) is 12.6. The van der Waals surface area contributed by atoms with Gasteiger partial charge in [-0.15, -0.1) is 0 Å². The number of hydrogen-bond donors (Lipinski definition) is 2. The third kappa shape index (κ3) is 6.54. The highest BCUT2D eigenvalue weighted by molar-refractivity contribution is 5.90. The fourth-order valence-corrected chi connectivity index (χ4v) is 1.93. The molecule has 1 aromatic carbocycles. The molecular weight excluding hydrogens is 256 g/mol. The van der Waals surface area contributed by atoms with Crippen molar-refractivity contribution in [1.82, 2.24) is 4.90 Å². The molecule has 0 saturated carbocycles. The van der Waals surface area contributed by atoms with Crippen LogP contribution in [-0.4, -0.2) is 48.8 Å². The highest BCUT2D eigenvalue weighted by atomic mass is 16.5. The molecule has 1 aromatic rings. The van der Waals surface area contributed by atoms with E-state index >= 15 is 0 Å². The van der Waals surface area contributed by atoms with E-state index in [1.807, 2.05) is 11.9 Å². The summed E-state index contributed by atoms with van der Waals surface area (Å²) < 4.78 is 5.06. The Kier molecular flexibility index (Phi) is 5.98. The number of aliphatic hydroxyl groups is 1. The maximum Gasteiger partial charge on any atom is 0.225 e. The molecule has 1 amide bonds. The predicted molar refractivity (Wildman–Crippen MR) is 80.0 cm³/mol. The molecule has 1 rings (SSSR count). The zero-order chi connectivity index (χ0) is 15.2. The molecule has 0 aromatic heterocycles. The number of amides is 1. The molecule has 0 radical (unpaired) electrons. The van der Waals surface area contributed by atoms with Crippen molar-refractivity contribution in [2.45, 2.75) is 25.9 Å². The maximum atomic E-state index is 11.8. The Morgan fingerprint density at radius 2 is 1.95 bits per heavy atom. The average Bonchev–Trinajstić information content (AvgIpc) is 2.35. The third-order valence-electron chi connectivity index (χ3n) is 2.75. The number of methoxy groups -OCH3 is 1. The van der Waals surface area contributed by atoms with Crippen molar-refractivity contribution in [3.8, 4) is 5.75 Å². The standard InChI is InChI=1S/C15H24N2O3/c1-15(2,19)11-17(3)10-9-14(18)16-12-5-7-13(20-4)8-6-12/h5-8,19H,9-11H2,1-4H3,(H,16,18). The van der Waals surface area contributed by atoms with E-state index in [2.05, 4.69) is 5.32 Å². The van der Waals surface area contributed by atoms with Gasteiger partial charge >= 0.3 is 0 Å². The summed E-state index contributed by atoms with van der Waals surface area (Å²) in [5, 5.41) is 12.5. The Bertz CT molecular complexity index is 424. The first-order valence-corrected chi connectivity index (χ1v) is 6.65. The Morgan fingerprint density at radius 1 is 1.35 bits per heavy atom. The van der Waals surface area contributed by atoms with Crippen molar-refractivity contribution >= 4 is 11.6 Å². The van der Waals surface area contributed by atoms with Gasteiger partial charge in [-0.1, -0.05) is 0 Å². The van der Waals surface area contributed by atoms with Gasteiger partial charge in [0.25, 0.3) is 0 Å². The van der Waals surface area contributed by atoms with Crippen LogP contribution in [0.2, 0.25) is 0 Å². The summed E-state index contributed by atoms with van der Waals surface area (Å²) in [4.78, 5) is 13.7. The highest BCUT2D eigenvalue weighted by Crippen LogP contribution is 2.15. The van der Waals surface area contributed by atoms with Crippen LogP contribution < -0.4 is 10.1 Å². The van der Waals surface area contributed by atoms with Gasteiger partial charge in [0.15, 0.2) is 0 Å². The molecule has 112 valence electrons. The lowest BCUT2D eigenvalue weighted by atomic mass is 10.1. The van der Waals surface area contributed by atoms with Crippen LogP contribution in [0.4, 0.5) is 5.69 Å². The number of likely N-dealkylation sites (N-methyl/N-ethyl adjacent to an activating group) is 1. The van der Waals surface area contributed by atoms with Crippen molar-refractivity contribution in [3.05, 3.63) is 24.3 Å². The summed E-state index contributed by atoms with van der Waals surface area (Å²) in [6.45, 7) is 4.64. The van der Waals surface area contributed by atoms with Gasteiger partial charge < -0.3 is 20.1 Å². The zero-order valence-corrected chi connectivity index (χ0v) is 12.6. The second kappa shape index (κ2) is 7.26. The molecule has 20 heavy (non-hydrogen) atoms. The summed E-state index contributed by atoms with van der Waals surface area (Å²) in [7, 11) is 3.49. The molecule has 0 bridgehead atoms. The third-order valence-corrected chi connectivity index (χ3v) is 2.75. The minimum atomic E-state index is -0.749. The van der Waals surface area contributed by atoms with Crippen molar-refractivity contribution < 1.29 is 14.6 Å². The van der Waals surface area contributed by atoms with Gasteiger partial charge in [-0.2, -0.15) is 0 Å². The molecule has 0 fully saturated rings. The number of carbonyl (C=O) groups is 1. The normalized spacial score (nSPS) is 11.5. The van der Waals surface area contributed by atoms with E-state index in [0.29, 0.717) is 19.5 Å². The Morgan fingerprint density at radius 3 is 2.45 bits per heavy atom. The molecule has 0 saturated heterocycles. The SMILES string of the molecule is COc1ccc(NC(=O)CCN(C)CC(C)(C)O)cc1. The van der Waals surface area contributed by atoms with Gasteiger partial charge in [-0.3, -0.25) is 4.79 Å². The summed E-state index contributed by atoms with van der Waals surface area (Å²) in [6, 6.07) is 7.21. The van der Waals surface area contributed by atoms with E-state index in [4.69, 9.17) is 4.74 Å². The van der Waals surface area contributed by atoms with E-state index in [-0.39, 0.29) is 5.91 Å². The van der Waals surface area contributed by atoms with Crippen molar-refractivity contribution in [1.29, 1.82) is 0 Å². The first-order chi connectivity index (χ1) is 9.30. The molecule has 0 atom stereocenters. The smallest absolute Gasteiger partial charge is 0.225 e. The molecule has 2 N–H and O–H groups in total. The Balaban J connectivity index is 2.36. The van der Waals surface area contributed by atoms with E-state index in [0.717, 1.165) is 11.4 Å². The number of carbonyl (C=O) groups excluding carboxylic acids is 1. The lowest BCUT2D eigenvalue weighted by Gasteiger charge is -2.25. The van der Waals surface area contributed by atoms with Crippen LogP contribution in [0.1, 0.15) is 20.3 Å². The summed E-state index contributed by atoms with van der Waals surface area (Å²) >= 11 is 0. The van der Waals surface area contributed by atoms with Crippen molar-refractivity contribution in [2.24, 2.45) is 0 Å². The average molecular weight is 280 g/mol.